The van der Waals surface area contributed by atoms with Crippen LogP contribution in [0.5, 0.6) is 5.75 Å². The van der Waals surface area contributed by atoms with Gasteiger partial charge < -0.3 is 14.8 Å². The first kappa shape index (κ1) is 16.4. The smallest absolute Gasteiger partial charge is 0.331 e. The Morgan fingerprint density at radius 2 is 2.10 bits per heavy atom. The van der Waals surface area contributed by atoms with Crippen LogP contribution in [0.1, 0.15) is 12.5 Å². The molecule has 1 unspecified atom stereocenters. The molecule has 1 amide bonds. The Kier molecular flexibility index (Phi) is 5.65. The highest BCUT2D eigenvalue weighted by molar-refractivity contribution is 5.83. The molecule has 1 N–H and O–H groups in total. The quantitative estimate of drug-likeness (QED) is 0.476. The summed E-state index contributed by atoms with van der Waals surface area (Å²) in [4.78, 5) is 32.9. The van der Waals surface area contributed by atoms with Crippen LogP contribution in [0.4, 0.5) is 5.69 Å². The van der Waals surface area contributed by atoms with Gasteiger partial charge in [0.1, 0.15) is 6.61 Å². The Bertz CT molecular complexity index is 558. The van der Waals surface area contributed by atoms with E-state index in [4.69, 9.17) is 4.74 Å². The number of ether oxygens (including phenoxy) is 2. The maximum atomic E-state index is 11.5. The van der Waals surface area contributed by atoms with Gasteiger partial charge in [-0.05, 0) is 18.6 Å². The topological polar surface area (TPSA) is 108 Å². The third-order valence-electron chi connectivity index (χ3n) is 2.58. The van der Waals surface area contributed by atoms with Crippen molar-refractivity contribution in [3.8, 4) is 5.75 Å². The molecule has 0 saturated carbocycles. The summed E-state index contributed by atoms with van der Waals surface area (Å²) in [6, 6.07) is 3.41. The normalized spacial score (nSPS) is 11.4. The third kappa shape index (κ3) is 4.75. The number of nitrogens with zero attached hydrogens (tertiary/aromatic N) is 1. The molecule has 1 rings (SSSR count). The highest BCUT2D eigenvalue weighted by Gasteiger charge is 2.23. The average Bonchev–Trinajstić information content (AvgIpc) is 2.42. The number of hydrogen-bond donors (Lipinski definition) is 1. The summed E-state index contributed by atoms with van der Waals surface area (Å²) in [5, 5.41) is 13.3. The Balaban J connectivity index is 2.87. The number of methoxy groups -OCH3 is 1. The number of nitrogens with one attached hydrogen (secondary N) is 1. The lowest BCUT2D eigenvalue weighted by Crippen LogP contribution is -2.44. The lowest BCUT2D eigenvalue weighted by molar-refractivity contribution is -0.385. The molecule has 8 nitrogen and oxygen atoms in total. The second kappa shape index (κ2) is 7.22. The van der Waals surface area contributed by atoms with Crippen LogP contribution in [0.2, 0.25) is 0 Å². The van der Waals surface area contributed by atoms with Crippen LogP contribution in [0.15, 0.2) is 18.2 Å². The summed E-state index contributed by atoms with van der Waals surface area (Å²) in [6.45, 7) is 2.69. The summed E-state index contributed by atoms with van der Waals surface area (Å²) in [5.74, 6) is -1.11. The molecule has 0 heterocycles. The van der Waals surface area contributed by atoms with Gasteiger partial charge in [-0.15, -0.1) is 0 Å². The van der Waals surface area contributed by atoms with E-state index in [9.17, 15) is 19.7 Å². The first-order valence-corrected chi connectivity index (χ1v) is 6.08. The zero-order chi connectivity index (χ0) is 16.0. The molecule has 0 bridgehead atoms. The van der Waals surface area contributed by atoms with Crippen LogP contribution < -0.4 is 10.1 Å². The van der Waals surface area contributed by atoms with Gasteiger partial charge in [0.15, 0.2) is 11.8 Å². The number of nitro groups is 1. The Hall–Kier alpha value is -2.64. The Morgan fingerprint density at radius 1 is 1.43 bits per heavy atom. The van der Waals surface area contributed by atoms with Crippen LogP contribution in [0.3, 0.4) is 0 Å². The molecule has 1 aromatic carbocycles. The van der Waals surface area contributed by atoms with Crippen molar-refractivity contribution >= 4 is 17.6 Å². The van der Waals surface area contributed by atoms with Crippen molar-refractivity contribution in [2.24, 2.45) is 0 Å². The minimum atomic E-state index is -1.03. The summed E-state index contributed by atoms with van der Waals surface area (Å²) in [6.07, 6.45) is 0. The SMILES string of the molecule is COC(=O)C(COc1ccc(C)cc1[N+](=O)[O-])NC(C)=O. The molecule has 0 aliphatic carbocycles. The second-order valence-corrected chi connectivity index (χ2v) is 4.32. The minimum absolute atomic E-state index is 0.0184. The number of aryl methyl sites for hydroxylation is 1. The van der Waals surface area contributed by atoms with Crippen molar-refractivity contribution in [3.63, 3.8) is 0 Å². The lowest BCUT2D eigenvalue weighted by atomic mass is 10.2. The molecule has 8 heteroatoms. The van der Waals surface area contributed by atoms with Crippen LogP contribution in [0, 0.1) is 17.0 Å². The first-order chi connectivity index (χ1) is 9.85. The van der Waals surface area contributed by atoms with Crippen molar-refractivity contribution < 1.29 is 24.0 Å². The molecule has 1 aromatic rings. The summed E-state index contributed by atoms with van der Waals surface area (Å²) >= 11 is 0. The maximum absolute atomic E-state index is 11.5. The Morgan fingerprint density at radius 3 is 2.62 bits per heavy atom. The first-order valence-electron chi connectivity index (χ1n) is 6.08. The van der Waals surface area contributed by atoms with E-state index in [1.165, 1.54) is 26.2 Å². The molecule has 1 atom stereocenters. The second-order valence-electron chi connectivity index (χ2n) is 4.32. The van der Waals surface area contributed by atoms with Gasteiger partial charge in [-0.2, -0.15) is 0 Å². The standard InChI is InChI=1S/C13H16N2O6/c1-8-4-5-12(11(6-8)15(18)19)21-7-10(13(17)20-3)14-9(2)16/h4-6,10H,7H2,1-3H3,(H,14,16). The van der Waals surface area contributed by atoms with Gasteiger partial charge in [0.2, 0.25) is 5.91 Å². The summed E-state index contributed by atoms with van der Waals surface area (Å²) < 4.78 is 9.81. The summed E-state index contributed by atoms with van der Waals surface area (Å²) in [7, 11) is 1.17. The predicted molar refractivity (Wildman–Crippen MR) is 72.9 cm³/mol. The molecule has 0 aliphatic heterocycles. The van der Waals surface area contributed by atoms with E-state index in [-0.39, 0.29) is 18.0 Å². The monoisotopic (exact) mass is 296 g/mol. The molecular weight excluding hydrogens is 280 g/mol. The van der Waals surface area contributed by atoms with Gasteiger partial charge in [0.25, 0.3) is 0 Å². The van der Waals surface area contributed by atoms with Crippen LogP contribution in [-0.4, -0.2) is 36.6 Å². The molecular formula is C13H16N2O6. The zero-order valence-corrected chi connectivity index (χ0v) is 11.9. The van der Waals surface area contributed by atoms with Crippen molar-refractivity contribution in [2.45, 2.75) is 19.9 Å². The number of carbonyl (C=O) groups is 2. The minimum Gasteiger partial charge on any atom is -0.484 e. The molecule has 0 saturated heterocycles. The zero-order valence-electron chi connectivity index (χ0n) is 11.9. The average molecular weight is 296 g/mol. The van der Waals surface area contributed by atoms with E-state index in [1.807, 2.05) is 0 Å². The molecule has 0 aromatic heterocycles. The van der Waals surface area contributed by atoms with Crippen molar-refractivity contribution in [1.82, 2.24) is 5.32 Å². The number of esters is 1. The van der Waals surface area contributed by atoms with Gasteiger partial charge in [-0.3, -0.25) is 14.9 Å². The number of nitro benzene ring substituents is 1. The fourth-order valence-electron chi connectivity index (χ4n) is 1.62. The van der Waals surface area contributed by atoms with Crippen LogP contribution in [-0.2, 0) is 14.3 Å². The number of amides is 1. The van der Waals surface area contributed by atoms with E-state index < -0.39 is 22.8 Å². The number of hydrogen-bond acceptors (Lipinski definition) is 6. The van der Waals surface area contributed by atoms with E-state index in [2.05, 4.69) is 10.1 Å². The van der Waals surface area contributed by atoms with Gasteiger partial charge in [-0.25, -0.2) is 4.79 Å². The molecule has 0 spiro atoms. The molecule has 21 heavy (non-hydrogen) atoms. The van der Waals surface area contributed by atoms with Crippen LogP contribution >= 0.6 is 0 Å². The van der Waals surface area contributed by atoms with E-state index in [0.717, 1.165) is 0 Å². The van der Waals surface area contributed by atoms with E-state index >= 15 is 0 Å². The molecule has 114 valence electrons. The van der Waals surface area contributed by atoms with Gasteiger partial charge in [0.05, 0.1) is 12.0 Å². The third-order valence-corrected chi connectivity index (χ3v) is 2.58. The van der Waals surface area contributed by atoms with E-state index in [1.54, 1.807) is 13.0 Å². The van der Waals surface area contributed by atoms with Crippen molar-refractivity contribution in [3.05, 3.63) is 33.9 Å². The Labute approximate surface area is 121 Å². The fourth-order valence-corrected chi connectivity index (χ4v) is 1.62. The fraction of sp³-hybridized carbons (Fsp3) is 0.385. The maximum Gasteiger partial charge on any atom is 0.331 e. The predicted octanol–water partition coefficient (Wildman–Crippen LogP) is 0.960. The van der Waals surface area contributed by atoms with Crippen molar-refractivity contribution in [2.75, 3.05) is 13.7 Å². The van der Waals surface area contributed by atoms with Crippen LogP contribution in [0.25, 0.3) is 0 Å². The highest BCUT2D eigenvalue weighted by Crippen LogP contribution is 2.27. The number of rotatable bonds is 6. The number of benzene rings is 1. The molecule has 0 radical (unpaired) electrons. The highest BCUT2D eigenvalue weighted by atomic mass is 16.6. The van der Waals surface area contributed by atoms with E-state index in [0.29, 0.717) is 5.56 Å². The van der Waals surface area contributed by atoms with Gasteiger partial charge >= 0.3 is 11.7 Å². The molecule has 0 fully saturated rings. The largest absolute Gasteiger partial charge is 0.484 e. The number of carbonyl (C=O) groups excluding carboxylic acids is 2. The lowest BCUT2D eigenvalue weighted by Gasteiger charge is -2.16. The molecule has 0 aliphatic rings. The van der Waals surface area contributed by atoms with Crippen molar-refractivity contribution in [1.29, 1.82) is 0 Å². The van der Waals surface area contributed by atoms with Gasteiger partial charge in [-0.1, -0.05) is 6.07 Å². The summed E-state index contributed by atoms with van der Waals surface area (Å²) in [5.41, 5.74) is 0.502. The van der Waals surface area contributed by atoms with Gasteiger partial charge in [0, 0.05) is 13.0 Å².